The van der Waals surface area contributed by atoms with E-state index in [9.17, 15) is 9.59 Å². The van der Waals surface area contributed by atoms with E-state index in [1.165, 1.54) is 7.05 Å². The summed E-state index contributed by atoms with van der Waals surface area (Å²) < 4.78 is 1.03. The lowest BCUT2D eigenvalue weighted by Crippen LogP contribution is -2.31. The van der Waals surface area contributed by atoms with Crippen LogP contribution in [0.4, 0.5) is 0 Å². The first-order valence-corrected chi connectivity index (χ1v) is 3.73. The lowest BCUT2D eigenvalue weighted by atomic mass is 10.4. The fraction of sp³-hybridized carbons (Fsp3) is 0.286. The number of aromatic carboxylic acids is 1. The van der Waals surface area contributed by atoms with Crippen molar-refractivity contribution in [3.63, 3.8) is 0 Å². The zero-order valence-corrected chi connectivity index (χ0v) is 7.34. The van der Waals surface area contributed by atoms with Crippen LogP contribution in [0.1, 0.15) is 16.5 Å². The standard InChI is InChI=1S/C7H9N3O4/c1-8-5(7(13)14)10-3-4(2-9-10)6(11)12/h2-3,5,8H,1H3,(H,11,12)(H,13,14). The average Bonchev–Trinajstić information content (AvgIpc) is 2.53. The Morgan fingerprint density at radius 1 is 1.57 bits per heavy atom. The molecule has 0 fully saturated rings. The van der Waals surface area contributed by atoms with E-state index >= 15 is 0 Å². The topological polar surface area (TPSA) is 104 Å². The van der Waals surface area contributed by atoms with Gasteiger partial charge in [-0.2, -0.15) is 5.10 Å². The third-order valence-corrected chi connectivity index (χ3v) is 1.62. The number of aliphatic carboxylic acids is 1. The lowest BCUT2D eigenvalue weighted by molar-refractivity contribution is -0.142. The molecule has 0 aliphatic heterocycles. The molecule has 0 saturated carbocycles. The highest BCUT2D eigenvalue weighted by Gasteiger charge is 2.18. The smallest absolute Gasteiger partial charge is 0.343 e. The molecule has 76 valence electrons. The highest BCUT2D eigenvalue weighted by Crippen LogP contribution is 2.04. The lowest BCUT2D eigenvalue weighted by Gasteiger charge is -2.10. The Labute approximate surface area is 79.0 Å². The Kier molecular flexibility index (Phi) is 2.82. The molecule has 1 rings (SSSR count). The van der Waals surface area contributed by atoms with Crippen LogP contribution >= 0.6 is 0 Å². The van der Waals surface area contributed by atoms with Crippen molar-refractivity contribution in [1.82, 2.24) is 15.1 Å². The van der Waals surface area contributed by atoms with E-state index in [-0.39, 0.29) is 5.56 Å². The normalized spacial score (nSPS) is 12.4. The highest BCUT2D eigenvalue weighted by atomic mass is 16.4. The second kappa shape index (κ2) is 3.88. The summed E-state index contributed by atoms with van der Waals surface area (Å²) in [6.07, 6.45) is 1.19. The number of likely N-dealkylation sites (N-methyl/N-ethyl adjacent to an activating group) is 1. The van der Waals surface area contributed by atoms with E-state index in [2.05, 4.69) is 10.4 Å². The maximum Gasteiger partial charge on any atom is 0.343 e. The van der Waals surface area contributed by atoms with Crippen LogP contribution in [-0.4, -0.2) is 39.0 Å². The van der Waals surface area contributed by atoms with Gasteiger partial charge in [-0.05, 0) is 7.05 Å². The van der Waals surface area contributed by atoms with Crippen molar-refractivity contribution in [2.24, 2.45) is 0 Å². The summed E-state index contributed by atoms with van der Waals surface area (Å²) in [6.45, 7) is 0. The van der Waals surface area contributed by atoms with Gasteiger partial charge in [-0.3, -0.25) is 5.32 Å². The first-order chi connectivity index (χ1) is 6.56. The average molecular weight is 199 g/mol. The molecule has 0 spiro atoms. The summed E-state index contributed by atoms with van der Waals surface area (Å²) >= 11 is 0. The molecule has 0 bridgehead atoms. The molecule has 14 heavy (non-hydrogen) atoms. The summed E-state index contributed by atoms with van der Waals surface area (Å²) in [5, 5.41) is 23.4. The number of carboxylic acid groups (broad SMARTS) is 2. The molecular weight excluding hydrogens is 190 g/mol. The molecule has 7 heteroatoms. The molecule has 0 amide bonds. The van der Waals surface area contributed by atoms with Crippen molar-refractivity contribution in [3.8, 4) is 0 Å². The van der Waals surface area contributed by atoms with Crippen LogP contribution in [0, 0.1) is 0 Å². The fourth-order valence-corrected chi connectivity index (χ4v) is 0.959. The Morgan fingerprint density at radius 3 is 2.57 bits per heavy atom. The number of nitrogens with zero attached hydrogens (tertiary/aromatic N) is 2. The Morgan fingerprint density at radius 2 is 2.21 bits per heavy atom. The monoisotopic (exact) mass is 199 g/mol. The second-order valence-electron chi connectivity index (χ2n) is 2.54. The molecule has 1 aromatic rings. The third-order valence-electron chi connectivity index (χ3n) is 1.62. The Balaban J connectivity index is 2.95. The number of hydrogen-bond donors (Lipinski definition) is 3. The van der Waals surface area contributed by atoms with Crippen LogP contribution in [0.5, 0.6) is 0 Å². The van der Waals surface area contributed by atoms with Crippen LogP contribution in [0.3, 0.4) is 0 Å². The number of carboxylic acids is 2. The zero-order valence-electron chi connectivity index (χ0n) is 7.34. The van der Waals surface area contributed by atoms with Gasteiger partial charge in [0.2, 0.25) is 0 Å². The van der Waals surface area contributed by atoms with Crippen molar-refractivity contribution in [1.29, 1.82) is 0 Å². The maximum atomic E-state index is 10.6. The fourth-order valence-electron chi connectivity index (χ4n) is 0.959. The minimum Gasteiger partial charge on any atom is -0.479 e. The van der Waals surface area contributed by atoms with Gasteiger partial charge in [-0.15, -0.1) is 0 Å². The minimum absolute atomic E-state index is 0.0495. The highest BCUT2D eigenvalue weighted by molar-refractivity contribution is 5.87. The molecule has 7 nitrogen and oxygen atoms in total. The number of hydrogen-bond acceptors (Lipinski definition) is 4. The number of nitrogens with one attached hydrogen (secondary N) is 1. The molecular formula is C7H9N3O4. The van der Waals surface area contributed by atoms with E-state index in [0.29, 0.717) is 0 Å². The van der Waals surface area contributed by atoms with Crippen LogP contribution in [0.25, 0.3) is 0 Å². The first kappa shape index (κ1) is 10.2. The van der Waals surface area contributed by atoms with Crippen molar-refractivity contribution < 1.29 is 19.8 Å². The van der Waals surface area contributed by atoms with Crippen LogP contribution in [-0.2, 0) is 4.79 Å². The molecule has 1 unspecified atom stereocenters. The Bertz CT molecular complexity index is 360. The summed E-state index contributed by atoms with van der Waals surface area (Å²) in [7, 11) is 1.45. The van der Waals surface area contributed by atoms with E-state index in [1.54, 1.807) is 0 Å². The van der Waals surface area contributed by atoms with Crippen molar-refractivity contribution in [2.45, 2.75) is 6.17 Å². The predicted octanol–water partition coefficient (Wildman–Crippen LogP) is -0.616. The quantitative estimate of drug-likeness (QED) is 0.597. The van der Waals surface area contributed by atoms with Gasteiger partial charge in [0.05, 0.1) is 11.8 Å². The van der Waals surface area contributed by atoms with E-state index < -0.39 is 18.1 Å². The SMILES string of the molecule is CNC(C(=O)O)n1cc(C(=O)O)cn1. The van der Waals surface area contributed by atoms with Crippen molar-refractivity contribution in [3.05, 3.63) is 18.0 Å². The van der Waals surface area contributed by atoms with Gasteiger partial charge in [-0.1, -0.05) is 0 Å². The Hall–Kier alpha value is -1.89. The minimum atomic E-state index is -1.14. The molecule has 1 atom stereocenters. The zero-order chi connectivity index (χ0) is 10.7. The summed E-state index contributed by atoms with van der Waals surface area (Å²) in [5.41, 5.74) is -0.0495. The summed E-state index contributed by atoms with van der Waals surface area (Å²) in [4.78, 5) is 21.1. The number of carbonyl (C=O) groups is 2. The molecule has 3 N–H and O–H groups in total. The first-order valence-electron chi connectivity index (χ1n) is 3.73. The molecule has 0 aliphatic carbocycles. The van der Waals surface area contributed by atoms with Gasteiger partial charge in [0.1, 0.15) is 0 Å². The van der Waals surface area contributed by atoms with Crippen LogP contribution in [0.15, 0.2) is 12.4 Å². The van der Waals surface area contributed by atoms with Gasteiger partial charge in [-0.25, -0.2) is 14.3 Å². The van der Waals surface area contributed by atoms with Gasteiger partial charge in [0, 0.05) is 6.20 Å². The third kappa shape index (κ3) is 1.88. The van der Waals surface area contributed by atoms with E-state index in [1.807, 2.05) is 0 Å². The van der Waals surface area contributed by atoms with Gasteiger partial charge in [0.15, 0.2) is 6.17 Å². The van der Waals surface area contributed by atoms with E-state index in [4.69, 9.17) is 10.2 Å². The maximum absolute atomic E-state index is 10.6. The van der Waals surface area contributed by atoms with Crippen molar-refractivity contribution >= 4 is 11.9 Å². The van der Waals surface area contributed by atoms with Gasteiger partial charge in [0.25, 0.3) is 0 Å². The van der Waals surface area contributed by atoms with Crippen molar-refractivity contribution in [2.75, 3.05) is 7.05 Å². The molecule has 1 aromatic heterocycles. The molecule has 0 radical (unpaired) electrons. The van der Waals surface area contributed by atoms with Gasteiger partial charge < -0.3 is 10.2 Å². The number of rotatable bonds is 4. The predicted molar refractivity (Wildman–Crippen MR) is 44.9 cm³/mol. The molecule has 1 heterocycles. The van der Waals surface area contributed by atoms with Crippen LogP contribution in [0.2, 0.25) is 0 Å². The molecule has 0 aliphatic rings. The summed E-state index contributed by atoms with van der Waals surface area (Å²) in [6, 6.07) is 0. The van der Waals surface area contributed by atoms with Gasteiger partial charge >= 0.3 is 11.9 Å². The van der Waals surface area contributed by atoms with E-state index in [0.717, 1.165) is 17.1 Å². The largest absolute Gasteiger partial charge is 0.479 e. The number of aromatic nitrogens is 2. The summed E-state index contributed by atoms with van der Waals surface area (Å²) in [5.74, 6) is -2.27. The molecule has 0 aromatic carbocycles. The second-order valence-corrected chi connectivity index (χ2v) is 2.54. The van der Waals surface area contributed by atoms with Crippen LogP contribution < -0.4 is 5.32 Å². The molecule has 0 saturated heterocycles.